The lowest BCUT2D eigenvalue weighted by Crippen LogP contribution is -2.38. The van der Waals surface area contributed by atoms with Gasteiger partial charge in [0.25, 0.3) is 0 Å². The lowest BCUT2D eigenvalue weighted by Gasteiger charge is -2.12. The summed E-state index contributed by atoms with van der Waals surface area (Å²) in [4.78, 5) is 11.7. The van der Waals surface area contributed by atoms with Gasteiger partial charge in [-0.05, 0) is 25.5 Å². The van der Waals surface area contributed by atoms with Crippen LogP contribution in [0.5, 0.6) is 5.75 Å². The minimum absolute atomic E-state index is 0.0209. The highest BCUT2D eigenvalue weighted by atomic mass is 19.1. The summed E-state index contributed by atoms with van der Waals surface area (Å²) in [6.45, 7) is 3.35. The van der Waals surface area contributed by atoms with Crippen LogP contribution in [-0.2, 0) is 4.74 Å². The van der Waals surface area contributed by atoms with Gasteiger partial charge >= 0.3 is 6.03 Å². The molecule has 0 aromatic heterocycles. The third-order valence-corrected chi connectivity index (χ3v) is 2.75. The van der Waals surface area contributed by atoms with Crippen LogP contribution >= 0.6 is 0 Å². The number of hydrogen-bond donors (Lipinski definition) is 2. The van der Waals surface area contributed by atoms with Gasteiger partial charge < -0.3 is 20.1 Å². The van der Waals surface area contributed by atoms with E-state index in [0.29, 0.717) is 25.5 Å². The zero-order valence-electron chi connectivity index (χ0n) is 10.7. The molecular weight excluding hydrogens is 251 g/mol. The maximum Gasteiger partial charge on any atom is 0.319 e. The highest BCUT2D eigenvalue weighted by Crippen LogP contribution is 2.21. The number of amides is 2. The molecule has 0 radical (unpaired) electrons. The topological polar surface area (TPSA) is 59.6 Å². The van der Waals surface area contributed by atoms with Crippen molar-refractivity contribution in [2.24, 2.45) is 0 Å². The van der Waals surface area contributed by atoms with E-state index in [1.54, 1.807) is 13.0 Å². The van der Waals surface area contributed by atoms with Gasteiger partial charge in [-0.15, -0.1) is 0 Å². The van der Waals surface area contributed by atoms with Gasteiger partial charge in [0.15, 0.2) is 11.6 Å². The Morgan fingerprint density at radius 1 is 1.58 bits per heavy atom. The smallest absolute Gasteiger partial charge is 0.319 e. The summed E-state index contributed by atoms with van der Waals surface area (Å²) in [5.41, 5.74) is 0.386. The molecule has 1 unspecified atom stereocenters. The predicted molar refractivity (Wildman–Crippen MR) is 68.9 cm³/mol. The van der Waals surface area contributed by atoms with Gasteiger partial charge in [0.1, 0.15) is 0 Å². The molecule has 2 rings (SSSR count). The molecule has 1 atom stereocenters. The Morgan fingerprint density at radius 3 is 3.05 bits per heavy atom. The van der Waals surface area contributed by atoms with Crippen LogP contribution in [0.2, 0.25) is 0 Å². The van der Waals surface area contributed by atoms with E-state index in [-0.39, 0.29) is 17.8 Å². The second kappa shape index (κ2) is 6.38. The number of carbonyl (C=O) groups is 1. The first kappa shape index (κ1) is 13.6. The summed E-state index contributed by atoms with van der Waals surface area (Å²) in [6, 6.07) is 3.98. The van der Waals surface area contributed by atoms with Gasteiger partial charge in [-0.2, -0.15) is 0 Å². The second-order valence-electron chi connectivity index (χ2n) is 4.24. The largest absolute Gasteiger partial charge is 0.491 e. The molecule has 0 saturated carbocycles. The lowest BCUT2D eigenvalue weighted by molar-refractivity contribution is 0.189. The average molecular weight is 268 g/mol. The standard InChI is InChI=1S/C13H17FN2O3/c1-2-19-12-4-3-9(7-11(12)14)15-13(17)16-10-5-6-18-8-10/h3-4,7,10H,2,5-6,8H2,1H3,(H2,15,16,17). The summed E-state index contributed by atoms with van der Waals surface area (Å²) in [5, 5.41) is 5.34. The molecule has 1 saturated heterocycles. The van der Waals surface area contributed by atoms with Crippen LogP contribution in [0.4, 0.5) is 14.9 Å². The van der Waals surface area contributed by atoms with E-state index < -0.39 is 5.82 Å². The fourth-order valence-corrected chi connectivity index (χ4v) is 1.85. The molecule has 104 valence electrons. The van der Waals surface area contributed by atoms with Gasteiger partial charge in [-0.25, -0.2) is 9.18 Å². The molecule has 1 fully saturated rings. The minimum atomic E-state index is -0.496. The quantitative estimate of drug-likeness (QED) is 0.879. The highest BCUT2D eigenvalue weighted by Gasteiger charge is 2.17. The number of nitrogens with one attached hydrogen (secondary N) is 2. The first-order chi connectivity index (χ1) is 9.19. The monoisotopic (exact) mass is 268 g/mol. The summed E-state index contributed by atoms with van der Waals surface area (Å²) in [5.74, 6) is -0.318. The number of benzene rings is 1. The van der Waals surface area contributed by atoms with Crippen molar-refractivity contribution in [2.45, 2.75) is 19.4 Å². The van der Waals surface area contributed by atoms with Crippen molar-refractivity contribution in [3.05, 3.63) is 24.0 Å². The Hall–Kier alpha value is -1.82. The summed E-state index contributed by atoms with van der Waals surface area (Å²) >= 11 is 0. The minimum Gasteiger partial charge on any atom is -0.491 e. The van der Waals surface area contributed by atoms with Crippen molar-refractivity contribution in [3.8, 4) is 5.75 Å². The fraction of sp³-hybridized carbons (Fsp3) is 0.462. The summed E-state index contributed by atoms with van der Waals surface area (Å²) < 4.78 is 23.8. The van der Waals surface area contributed by atoms with E-state index in [9.17, 15) is 9.18 Å². The molecule has 1 aromatic rings. The molecule has 1 aliphatic rings. The van der Waals surface area contributed by atoms with Crippen LogP contribution in [-0.4, -0.2) is 31.9 Å². The number of anilines is 1. The fourth-order valence-electron chi connectivity index (χ4n) is 1.85. The molecule has 0 aliphatic carbocycles. The van der Waals surface area contributed by atoms with Crippen molar-refractivity contribution in [3.63, 3.8) is 0 Å². The van der Waals surface area contributed by atoms with E-state index >= 15 is 0 Å². The molecule has 2 N–H and O–H groups in total. The van der Waals surface area contributed by atoms with Gasteiger partial charge in [0, 0.05) is 18.4 Å². The van der Waals surface area contributed by atoms with Gasteiger partial charge in [-0.1, -0.05) is 0 Å². The second-order valence-corrected chi connectivity index (χ2v) is 4.24. The Balaban J connectivity index is 1.91. The van der Waals surface area contributed by atoms with Crippen LogP contribution in [0.15, 0.2) is 18.2 Å². The molecule has 0 bridgehead atoms. The lowest BCUT2D eigenvalue weighted by atomic mass is 10.2. The number of hydrogen-bond acceptors (Lipinski definition) is 3. The first-order valence-corrected chi connectivity index (χ1v) is 6.26. The van der Waals surface area contributed by atoms with Crippen molar-refractivity contribution in [2.75, 3.05) is 25.1 Å². The van der Waals surface area contributed by atoms with E-state index in [1.165, 1.54) is 12.1 Å². The SMILES string of the molecule is CCOc1ccc(NC(=O)NC2CCOC2)cc1F. The average Bonchev–Trinajstić information content (AvgIpc) is 2.85. The number of rotatable bonds is 4. The Bertz CT molecular complexity index is 448. The van der Waals surface area contributed by atoms with Crippen molar-refractivity contribution in [1.29, 1.82) is 0 Å². The summed E-state index contributed by atoms with van der Waals surface area (Å²) in [7, 11) is 0. The molecule has 5 nitrogen and oxygen atoms in total. The molecule has 1 heterocycles. The van der Waals surface area contributed by atoms with Crippen molar-refractivity contribution >= 4 is 11.7 Å². The van der Waals surface area contributed by atoms with E-state index in [4.69, 9.17) is 9.47 Å². The van der Waals surface area contributed by atoms with Crippen LogP contribution in [0, 0.1) is 5.82 Å². The molecule has 0 spiro atoms. The molecular formula is C13H17FN2O3. The number of ether oxygens (including phenoxy) is 2. The molecule has 19 heavy (non-hydrogen) atoms. The Kier molecular flexibility index (Phi) is 4.57. The third kappa shape index (κ3) is 3.82. The van der Waals surface area contributed by atoms with E-state index in [2.05, 4.69) is 10.6 Å². The molecule has 1 aromatic carbocycles. The maximum absolute atomic E-state index is 13.6. The van der Waals surface area contributed by atoms with Crippen LogP contribution in [0.25, 0.3) is 0 Å². The van der Waals surface area contributed by atoms with E-state index in [0.717, 1.165) is 6.42 Å². The normalized spacial score (nSPS) is 18.1. The molecule has 6 heteroatoms. The number of halogens is 1. The maximum atomic E-state index is 13.6. The third-order valence-electron chi connectivity index (χ3n) is 2.75. The van der Waals surface area contributed by atoms with Gasteiger partial charge in [0.05, 0.1) is 19.3 Å². The van der Waals surface area contributed by atoms with Crippen LogP contribution in [0.1, 0.15) is 13.3 Å². The summed E-state index contributed by atoms with van der Waals surface area (Å²) in [6.07, 6.45) is 0.797. The highest BCUT2D eigenvalue weighted by molar-refractivity contribution is 5.89. The first-order valence-electron chi connectivity index (χ1n) is 6.26. The zero-order valence-corrected chi connectivity index (χ0v) is 10.7. The van der Waals surface area contributed by atoms with E-state index in [1.807, 2.05) is 0 Å². The number of carbonyl (C=O) groups excluding carboxylic acids is 1. The predicted octanol–water partition coefficient (Wildman–Crippen LogP) is 2.13. The van der Waals surface area contributed by atoms with Crippen LogP contribution in [0.3, 0.4) is 0 Å². The Labute approximate surface area is 111 Å². The molecule has 2 amide bonds. The van der Waals surface area contributed by atoms with Crippen molar-refractivity contribution < 1.29 is 18.7 Å². The van der Waals surface area contributed by atoms with Crippen molar-refractivity contribution in [1.82, 2.24) is 5.32 Å². The molecule has 1 aliphatic heterocycles. The van der Waals surface area contributed by atoms with Crippen LogP contribution < -0.4 is 15.4 Å². The van der Waals surface area contributed by atoms with Gasteiger partial charge in [-0.3, -0.25) is 0 Å². The Morgan fingerprint density at radius 2 is 2.42 bits per heavy atom. The zero-order chi connectivity index (χ0) is 13.7. The van der Waals surface area contributed by atoms with Gasteiger partial charge in [0.2, 0.25) is 0 Å². The number of urea groups is 1.